The molecule has 3 rings (SSSR count). The third-order valence-electron chi connectivity index (χ3n) is 3.83. The predicted molar refractivity (Wildman–Crippen MR) is 70.2 cm³/mol. The van der Waals surface area contributed by atoms with Gasteiger partial charge in [-0.2, -0.15) is 0 Å². The fourth-order valence-corrected chi connectivity index (χ4v) is 2.68. The fourth-order valence-electron chi connectivity index (χ4n) is 2.68. The van der Waals surface area contributed by atoms with Gasteiger partial charge in [0.15, 0.2) is 0 Å². The molecule has 3 heteroatoms. The summed E-state index contributed by atoms with van der Waals surface area (Å²) in [5.74, 6) is 1.04. The van der Waals surface area contributed by atoms with Crippen molar-refractivity contribution in [2.75, 3.05) is 18.4 Å². The van der Waals surface area contributed by atoms with E-state index in [4.69, 9.17) is 0 Å². The van der Waals surface area contributed by atoms with Gasteiger partial charge in [-0.15, -0.1) is 0 Å². The number of anilines is 1. The first kappa shape index (κ1) is 11.0. The van der Waals surface area contributed by atoms with Crippen LogP contribution in [0.5, 0.6) is 0 Å². The van der Waals surface area contributed by atoms with Crippen molar-refractivity contribution in [1.82, 2.24) is 9.88 Å². The van der Waals surface area contributed by atoms with Crippen molar-refractivity contribution in [3.05, 3.63) is 23.9 Å². The van der Waals surface area contributed by atoms with Crippen molar-refractivity contribution in [2.24, 2.45) is 0 Å². The Morgan fingerprint density at radius 1 is 1.18 bits per heavy atom. The Hall–Kier alpha value is -1.09. The highest BCUT2D eigenvalue weighted by molar-refractivity contribution is 5.36. The Morgan fingerprint density at radius 3 is 2.59 bits per heavy atom. The Bertz CT molecular complexity index is 379. The second-order valence-electron chi connectivity index (χ2n) is 5.35. The number of rotatable bonds is 3. The third kappa shape index (κ3) is 2.78. The van der Waals surface area contributed by atoms with Crippen LogP contribution in [0.4, 0.5) is 5.82 Å². The monoisotopic (exact) mass is 231 g/mol. The number of aromatic nitrogens is 1. The molecule has 0 atom stereocenters. The molecule has 1 aliphatic heterocycles. The summed E-state index contributed by atoms with van der Waals surface area (Å²) in [6.45, 7) is 4.56. The smallest absolute Gasteiger partial charge is 0.126 e. The van der Waals surface area contributed by atoms with Crippen molar-refractivity contribution >= 4 is 5.82 Å². The van der Waals surface area contributed by atoms with E-state index in [0.29, 0.717) is 6.04 Å². The molecule has 0 unspecified atom stereocenters. The second kappa shape index (κ2) is 4.65. The number of aryl methyl sites for hydroxylation is 1. The molecule has 0 bridgehead atoms. The van der Waals surface area contributed by atoms with Crippen LogP contribution < -0.4 is 5.32 Å². The maximum absolute atomic E-state index is 4.51. The molecule has 1 aliphatic carbocycles. The lowest BCUT2D eigenvalue weighted by atomic mass is 10.0. The molecule has 0 spiro atoms. The minimum absolute atomic E-state index is 0.610. The summed E-state index contributed by atoms with van der Waals surface area (Å²) >= 11 is 0. The molecular weight excluding hydrogens is 210 g/mol. The summed E-state index contributed by atoms with van der Waals surface area (Å²) < 4.78 is 0. The molecule has 17 heavy (non-hydrogen) atoms. The van der Waals surface area contributed by atoms with Gasteiger partial charge in [0, 0.05) is 30.9 Å². The van der Waals surface area contributed by atoms with Crippen LogP contribution >= 0.6 is 0 Å². The Morgan fingerprint density at radius 2 is 1.94 bits per heavy atom. The van der Waals surface area contributed by atoms with Crippen LogP contribution in [0.15, 0.2) is 18.2 Å². The number of piperidine rings is 1. The first-order valence-electron chi connectivity index (χ1n) is 6.75. The van der Waals surface area contributed by atoms with Crippen LogP contribution in [0.2, 0.25) is 0 Å². The highest BCUT2D eigenvalue weighted by Crippen LogP contribution is 2.29. The molecule has 1 N–H and O–H groups in total. The molecule has 0 aromatic carbocycles. The fraction of sp³-hybridized carbons (Fsp3) is 0.643. The molecule has 0 radical (unpaired) electrons. The highest BCUT2D eigenvalue weighted by atomic mass is 15.2. The summed E-state index contributed by atoms with van der Waals surface area (Å²) in [6.07, 6.45) is 5.37. The number of nitrogens with zero attached hydrogens (tertiary/aromatic N) is 2. The molecule has 1 aromatic rings. The Kier molecular flexibility index (Phi) is 3.02. The SMILES string of the molecule is Cc1cccc(NC2CCN(C3CC3)CC2)n1. The van der Waals surface area contributed by atoms with Crippen LogP contribution in [0.3, 0.4) is 0 Å². The average Bonchev–Trinajstić information content (AvgIpc) is 3.14. The first-order chi connectivity index (χ1) is 8.31. The van der Waals surface area contributed by atoms with Crippen LogP contribution in [0.1, 0.15) is 31.4 Å². The number of pyridine rings is 1. The van der Waals surface area contributed by atoms with Gasteiger partial charge >= 0.3 is 0 Å². The normalized spacial score (nSPS) is 22.6. The quantitative estimate of drug-likeness (QED) is 0.866. The zero-order valence-corrected chi connectivity index (χ0v) is 10.5. The van der Waals surface area contributed by atoms with E-state index in [9.17, 15) is 0 Å². The summed E-state index contributed by atoms with van der Waals surface area (Å²) in [5, 5.41) is 3.56. The van der Waals surface area contributed by atoms with Gasteiger partial charge in [0.25, 0.3) is 0 Å². The van der Waals surface area contributed by atoms with E-state index < -0.39 is 0 Å². The molecule has 2 heterocycles. The van der Waals surface area contributed by atoms with Gasteiger partial charge in [0.1, 0.15) is 5.82 Å². The van der Waals surface area contributed by atoms with Crippen LogP contribution in [0, 0.1) is 6.92 Å². The molecular formula is C14H21N3. The lowest BCUT2D eigenvalue weighted by molar-refractivity contribution is 0.210. The summed E-state index contributed by atoms with van der Waals surface area (Å²) in [7, 11) is 0. The predicted octanol–water partition coefficient (Wildman–Crippen LogP) is 2.43. The van der Waals surface area contributed by atoms with E-state index in [1.807, 2.05) is 13.0 Å². The molecule has 1 aromatic heterocycles. The highest BCUT2D eigenvalue weighted by Gasteiger charge is 2.31. The van der Waals surface area contributed by atoms with Gasteiger partial charge in [-0.1, -0.05) is 6.07 Å². The van der Waals surface area contributed by atoms with Gasteiger partial charge in [-0.3, -0.25) is 0 Å². The molecule has 2 fully saturated rings. The zero-order chi connectivity index (χ0) is 11.7. The zero-order valence-electron chi connectivity index (χ0n) is 10.5. The summed E-state index contributed by atoms with van der Waals surface area (Å²) in [5.41, 5.74) is 1.09. The topological polar surface area (TPSA) is 28.2 Å². The van der Waals surface area contributed by atoms with Crippen molar-refractivity contribution in [3.8, 4) is 0 Å². The van der Waals surface area contributed by atoms with Crippen LogP contribution in [0.25, 0.3) is 0 Å². The minimum Gasteiger partial charge on any atom is -0.367 e. The minimum atomic E-state index is 0.610. The number of hydrogen-bond donors (Lipinski definition) is 1. The van der Waals surface area contributed by atoms with Gasteiger partial charge in [0.2, 0.25) is 0 Å². The molecule has 1 saturated heterocycles. The lowest BCUT2D eigenvalue weighted by Gasteiger charge is -2.32. The Labute approximate surface area is 103 Å². The van der Waals surface area contributed by atoms with Crippen molar-refractivity contribution < 1.29 is 0 Å². The summed E-state index contributed by atoms with van der Waals surface area (Å²) in [4.78, 5) is 7.16. The molecule has 1 saturated carbocycles. The number of likely N-dealkylation sites (tertiary alicyclic amines) is 1. The molecule has 92 valence electrons. The largest absolute Gasteiger partial charge is 0.367 e. The van der Waals surface area contributed by atoms with E-state index in [0.717, 1.165) is 17.6 Å². The van der Waals surface area contributed by atoms with Gasteiger partial charge < -0.3 is 10.2 Å². The molecule has 2 aliphatic rings. The second-order valence-corrected chi connectivity index (χ2v) is 5.35. The number of nitrogens with one attached hydrogen (secondary N) is 1. The van der Waals surface area contributed by atoms with Crippen LogP contribution in [-0.4, -0.2) is 35.1 Å². The van der Waals surface area contributed by atoms with Crippen molar-refractivity contribution in [1.29, 1.82) is 0 Å². The number of hydrogen-bond acceptors (Lipinski definition) is 3. The van der Waals surface area contributed by atoms with Crippen molar-refractivity contribution in [2.45, 2.75) is 44.7 Å². The van der Waals surface area contributed by atoms with Gasteiger partial charge in [-0.05, 0) is 44.7 Å². The van der Waals surface area contributed by atoms with E-state index in [-0.39, 0.29) is 0 Å². The summed E-state index contributed by atoms with van der Waals surface area (Å²) in [6, 6.07) is 7.72. The van der Waals surface area contributed by atoms with Crippen molar-refractivity contribution in [3.63, 3.8) is 0 Å². The van der Waals surface area contributed by atoms with Crippen LogP contribution in [-0.2, 0) is 0 Å². The average molecular weight is 231 g/mol. The van der Waals surface area contributed by atoms with E-state index in [1.165, 1.54) is 38.8 Å². The first-order valence-corrected chi connectivity index (χ1v) is 6.75. The van der Waals surface area contributed by atoms with E-state index >= 15 is 0 Å². The third-order valence-corrected chi connectivity index (χ3v) is 3.83. The Balaban J connectivity index is 1.53. The van der Waals surface area contributed by atoms with E-state index in [2.05, 4.69) is 27.3 Å². The lowest BCUT2D eigenvalue weighted by Crippen LogP contribution is -2.40. The standard InChI is InChI=1S/C14H21N3/c1-11-3-2-4-14(15-11)16-12-7-9-17(10-8-12)13-5-6-13/h2-4,12-13H,5-10H2,1H3,(H,15,16). The molecule has 3 nitrogen and oxygen atoms in total. The maximum Gasteiger partial charge on any atom is 0.126 e. The molecule has 0 amide bonds. The van der Waals surface area contributed by atoms with Gasteiger partial charge in [-0.25, -0.2) is 4.98 Å². The maximum atomic E-state index is 4.51. The van der Waals surface area contributed by atoms with E-state index in [1.54, 1.807) is 0 Å². The van der Waals surface area contributed by atoms with Gasteiger partial charge in [0.05, 0.1) is 0 Å².